The van der Waals surface area contributed by atoms with Gasteiger partial charge in [-0.1, -0.05) is 17.7 Å². The smallest absolute Gasteiger partial charge is 0.264 e. The van der Waals surface area contributed by atoms with Crippen LogP contribution in [0.15, 0.2) is 53.4 Å². The van der Waals surface area contributed by atoms with Crippen molar-refractivity contribution in [1.29, 1.82) is 0 Å². The van der Waals surface area contributed by atoms with Crippen molar-refractivity contribution in [3.05, 3.63) is 59.3 Å². The van der Waals surface area contributed by atoms with E-state index < -0.39 is 15.2 Å². The second-order valence-corrected chi connectivity index (χ2v) is 6.61. The number of anilines is 1. The van der Waals surface area contributed by atoms with Crippen molar-refractivity contribution in [3.63, 3.8) is 0 Å². The van der Waals surface area contributed by atoms with Gasteiger partial charge in [-0.15, -0.1) is 0 Å². The Bertz CT molecular complexity index is 710. The van der Waals surface area contributed by atoms with E-state index in [0.717, 1.165) is 5.56 Å². The van der Waals surface area contributed by atoms with Crippen molar-refractivity contribution in [2.45, 2.75) is 11.8 Å². The lowest BCUT2D eigenvalue weighted by molar-refractivity contribution is -0.991. The first-order chi connectivity index (χ1) is 9.82. The lowest BCUT2D eigenvalue weighted by atomic mass is 10.2. The van der Waals surface area contributed by atoms with E-state index in [-0.39, 0.29) is 10.6 Å². The van der Waals surface area contributed by atoms with Crippen molar-refractivity contribution in [2.24, 2.45) is 0 Å². The van der Waals surface area contributed by atoms with Gasteiger partial charge in [0.2, 0.25) is 0 Å². The molecule has 0 radical (unpaired) electrons. The third kappa shape index (κ3) is 3.22. The Balaban J connectivity index is 2.34. The van der Waals surface area contributed by atoms with Gasteiger partial charge in [-0.05, 0) is 31.2 Å². The van der Waals surface area contributed by atoms with Gasteiger partial charge in [0, 0.05) is 19.2 Å². The van der Waals surface area contributed by atoms with E-state index in [1.165, 1.54) is 35.6 Å². The van der Waals surface area contributed by atoms with Crippen LogP contribution < -0.4 is 9.53 Å². The Kier molecular flexibility index (Phi) is 4.29. The summed E-state index contributed by atoms with van der Waals surface area (Å²) in [5, 5.41) is 18.5. The molecule has 2 N–H and O–H groups in total. The Morgan fingerprint density at radius 3 is 2.05 bits per heavy atom. The maximum absolute atomic E-state index is 12.5. The molecule has 2 rings (SSSR count). The Hall–Kier alpha value is -1.93. The van der Waals surface area contributed by atoms with Gasteiger partial charge in [0.15, 0.2) is 5.69 Å². The highest BCUT2D eigenvalue weighted by molar-refractivity contribution is 7.92. The number of nitrogens with zero attached hydrogens (tertiary/aromatic N) is 1. The number of rotatable bonds is 4. The topological polar surface area (TPSA) is 85.1 Å². The van der Waals surface area contributed by atoms with Crippen molar-refractivity contribution in [1.82, 2.24) is 0 Å². The highest BCUT2D eigenvalue weighted by Crippen LogP contribution is 2.22. The highest BCUT2D eigenvalue weighted by Gasteiger charge is 2.21. The summed E-state index contributed by atoms with van der Waals surface area (Å²) in [5.74, 6) is 0. The molecule has 1 unspecified atom stereocenters. The van der Waals surface area contributed by atoms with Crippen molar-refractivity contribution in [2.75, 3.05) is 11.4 Å². The molecule has 112 valence electrons. The molecule has 0 saturated carbocycles. The van der Waals surface area contributed by atoms with Gasteiger partial charge in [0.1, 0.15) is 0 Å². The number of nitrogens with one attached hydrogen (secondary N) is 1. The van der Waals surface area contributed by atoms with Gasteiger partial charge in [-0.3, -0.25) is 4.31 Å². The standard InChI is InChI=1S/C14H16N2O4S/c1-11-3-5-12(6-4-11)15(2)21(19,20)14-9-7-13(8-10-14)16(17)18/h3-10,16-17H,1-2H3. The molecule has 6 nitrogen and oxygen atoms in total. The van der Waals surface area contributed by atoms with Crippen LogP contribution in [0.1, 0.15) is 5.56 Å². The van der Waals surface area contributed by atoms with Crippen LogP contribution in [-0.4, -0.2) is 20.7 Å². The maximum Gasteiger partial charge on any atom is 0.264 e. The number of quaternary nitrogens is 1. The lowest BCUT2D eigenvalue weighted by Gasteiger charge is -2.20. The molecular weight excluding hydrogens is 292 g/mol. The van der Waals surface area contributed by atoms with Crippen LogP contribution in [0.5, 0.6) is 0 Å². The predicted octanol–water partition coefficient (Wildman–Crippen LogP) is 1.22. The number of sulfonamides is 1. The summed E-state index contributed by atoms with van der Waals surface area (Å²) in [6.45, 7) is 1.92. The molecule has 0 aliphatic heterocycles. The van der Waals surface area contributed by atoms with E-state index in [1.54, 1.807) is 12.1 Å². The third-order valence-corrected chi connectivity index (χ3v) is 4.96. The molecule has 7 heteroatoms. The van der Waals surface area contributed by atoms with Crippen LogP contribution in [0.2, 0.25) is 0 Å². The molecule has 0 spiro atoms. The third-order valence-electron chi connectivity index (χ3n) is 3.16. The van der Waals surface area contributed by atoms with E-state index in [2.05, 4.69) is 0 Å². The summed E-state index contributed by atoms with van der Waals surface area (Å²) in [6.07, 6.45) is 0. The van der Waals surface area contributed by atoms with Crippen LogP contribution in [0.25, 0.3) is 0 Å². The molecule has 1 atom stereocenters. The zero-order chi connectivity index (χ0) is 15.6. The average molecular weight is 308 g/mol. The van der Waals surface area contributed by atoms with E-state index >= 15 is 0 Å². The fraction of sp³-hybridized carbons (Fsp3) is 0.143. The Labute approximate surface area is 123 Å². The highest BCUT2D eigenvalue weighted by atomic mass is 32.2. The molecule has 0 aromatic heterocycles. The quantitative estimate of drug-likeness (QED) is 0.832. The zero-order valence-electron chi connectivity index (χ0n) is 11.6. The molecule has 0 fully saturated rings. The first-order valence-electron chi connectivity index (χ1n) is 6.21. The molecular formula is C14H16N2O4S. The molecule has 0 saturated heterocycles. The van der Waals surface area contributed by atoms with E-state index in [4.69, 9.17) is 5.21 Å². The second-order valence-electron chi connectivity index (χ2n) is 4.64. The minimum absolute atomic E-state index is 0.0481. The molecule has 0 heterocycles. The fourth-order valence-electron chi connectivity index (χ4n) is 1.82. The van der Waals surface area contributed by atoms with Gasteiger partial charge >= 0.3 is 0 Å². The predicted molar refractivity (Wildman–Crippen MR) is 79.0 cm³/mol. The molecule has 2 aromatic carbocycles. The fourth-order valence-corrected chi connectivity index (χ4v) is 3.02. The van der Waals surface area contributed by atoms with Crippen molar-refractivity contribution in [3.8, 4) is 0 Å². The van der Waals surface area contributed by atoms with E-state index in [9.17, 15) is 13.6 Å². The molecule has 21 heavy (non-hydrogen) atoms. The minimum Gasteiger partial charge on any atom is -0.595 e. The summed E-state index contributed by atoms with van der Waals surface area (Å²) in [6, 6.07) is 12.2. The number of hydrogen-bond acceptors (Lipinski definition) is 4. The van der Waals surface area contributed by atoms with E-state index in [0.29, 0.717) is 5.69 Å². The normalized spacial score (nSPS) is 13.0. The Morgan fingerprint density at radius 1 is 1.05 bits per heavy atom. The summed E-state index contributed by atoms with van der Waals surface area (Å²) in [7, 11) is -2.24. The van der Waals surface area contributed by atoms with Gasteiger partial charge in [-0.25, -0.2) is 13.6 Å². The van der Waals surface area contributed by atoms with E-state index in [1.807, 2.05) is 19.1 Å². The van der Waals surface area contributed by atoms with Crippen molar-refractivity contribution < 1.29 is 18.9 Å². The number of aryl methyl sites for hydroxylation is 1. The van der Waals surface area contributed by atoms with Crippen LogP contribution in [0.4, 0.5) is 11.4 Å². The van der Waals surface area contributed by atoms with Gasteiger partial charge in [0.05, 0.1) is 10.6 Å². The molecule has 0 amide bonds. The first kappa shape index (κ1) is 15.5. The summed E-state index contributed by atoms with van der Waals surface area (Å²) < 4.78 is 26.1. The molecule has 2 aromatic rings. The SMILES string of the molecule is Cc1ccc(N(C)S(=O)(=O)c2ccc([NH+]([O-])O)cc2)cc1. The second kappa shape index (κ2) is 5.82. The summed E-state index contributed by atoms with van der Waals surface area (Å²) in [5.41, 5.74) is 1.63. The average Bonchev–Trinajstić information content (AvgIpc) is 2.47. The monoisotopic (exact) mass is 308 g/mol. The van der Waals surface area contributed by atoms with Gasteiger partial charge in [0.25, 0.3) is 10.0 Å². The van der Waals surface area contributed by atoms with Gasteiger partial charge in [-0.2, -0.15) is 5.23 Å². The van der Waals surface area contributed by atoms with Gasteiger partial charge < -0.3 is 5.21 Å². The first-order valence-corrected chi connectivity index (χ1v) is 7.65. The zero-order valence-corrected chi connectivity index (χ0v) is 12.5. The van der Waals surface area contributed by atoms with Crippen LogP contribution in [0, 0.1) is 12.1 Å². The summed E-state index contributed by atoms with van der Waals surface area (Å²) in [4.78, 5) is 0.0515. The Morgan fingerprint density at radius 2 is 1.57 bits per heavy atom. The molecule has 0 aliphatic carbocycles. The van der Waals surface area contributed by atoms with Crippen LogP contribution in [0.3, 0.4) is 0 Å². The number of benzene rings is 2. The lowest BCUT2D eigenvalue weighted by Crippen LogP contribution is -2.99. The minimum atomic E-state index is -3.71. The largest absolute Gasteiger partial charge is 0.595 e. The summed E-state index contributed by atoms with van der Waals surface area (Å²) >= 11 is 0. The number of hydrogen-bond donors (Lipinski definition) is 2. The van der Waals surface area contributed by atoms with Crippen LogP contribution in [-0.2, 0) is 10.0 Å². The molecule has 0 aliphatic rings. The maximum atomic E-state index is 12.5. The van der Waals surface area contributed by atoms with Crippen LogP contribution >= 0.6 is 0 Å². The molecule has 0 bridgehead atoms. The van der Waals surface area contributed by atoms with Crippen molar-refractivity contribution >= 4 is 21.4 Å².